The highest BCUT2D eigenvalue weighted by molar-refractivity contribution is 7.88. The molecule has 1 amide bonds. The number of sulfonamides is 1. The maximum absolute atomic E-state index is 13.9. The Hall–Kier alpha value is -4.81. The first-order chi connectivity index (χ1) is 19.4. The highest BCUT2D eigenvalue weighted by atomic mass is 32.2. The first-order valence-electron chi connectivity index (χ1n) is 11.7. The molecule has 0 saturated carbocycles. The average Bonchev–Trinajstić information content (AvgIpc) is 2.91. The van der Waals surface area contributed by atoms with E-state index in [1.807, 2.05) is 6.07 Å². The lowest BCUT2D eigenvalue weighted by atomic mass is 9.99. The number of carbonyl (C=O) groups is 2. The van der Waals surface area contributed by atoms with Gasteiger partial charge in [0.05, 0.1) is 11.8 Å². The van der Waals surface area contributed by atoms with Gasteiger partial charge in [-0.05, 0) is 41.8 Å². The predicted molar refractivity (Wildman–Crippen MR) is 146 cm³/mol. The minimum absolute atomic E-state index is 0.0590. The standard InChI is InChI=1S/C25H24FN5O3S.C2HF3O2/c1-31(35(2,33)34)23(14-16-5-3-6-18(13-16)24(28)29)25(32)30-19-11-9-17(10-12-19)20-7-4-8-22(26)21(20)15-27;3-2(4,5)1(6)7/h3-13,23H,14H2,1-2H3,(H3,28,29)(H,30,32);(H,6,7)/t23-;/m0./s1. The molecule has 10 nitrogen and oxygen atoms in total. The van der Waals surface area contributed by atoms with Crippen molar-refractivity contribution >= 4 is 33.4 Å². The molecular formula is C27H25F4N5O5S. The smallest absolute Gasteiger partial charge is 0.475 e. The van der Waals surface area contributed by atoms with Crippen molar-refractivity contribution < 1.29 is 40.7 Å². The Morgan fingerprint density at radius 1 is 1.12 bits per heavy atom. The summed E-state index contributed by atoms with van der Waals surface area (Å²) in [5, 5.41) is 26.7. The van der Waals surface area contributed by atoms with Gasteiger partial charge in [-0.2, -0.15) is 22.7 Å². The van der Waals surface area contributed by atoms with Gasteiger partial charge in [-0.15, -0.1) is 0 Å². The molecule has 0 bridgehead atoms. The summed E-state index contributed by atoms with van der Waals surface area (Å²) in [6.45, 7) is 0. The summed E-state index contributed by atoms with van der Waals surface area (Å²) in [6.07, 6.45) is -4.01. The molecule has 3 aromatic rings. The average molecular weight is 608 g/mol. The van der Waals surface area contributed by atoms with Crippen LogP contribution in [0.2, 0.25) is 0 Å². The van der Waals surface area contributed by atoms with Crippen molar-refractivity contribution in [3.63, 3.8) is 0 Å². The van der Waals surface area contributed by atoms with Gasteiger partial charge in [-0.25, -0.2) is 17.6 Å². The van der Waals surface area contributed by atoms with Crippen LogP contribution in [0.15, 0.2) is 66.7 Å². The molecule has 0 spiro atoms. The van der Waals surface area contributed by atoms with Gasteiger partial charge in [0.15, 0.2) is 0 Å². The fourth-order valence-corrected chi connectivity index (χ4v) is 4.18. The molecule has 0 aliphatic heterocycles. The summed E-state index contributed by atoms with van der Waals surface area (Å²) in [6, 6.07) is 18.3. The number of nitrogens with one attached hydrogen (secondary N) is 2. The fourth-order valence-electron chi connectivity index (χ4n) is 3.54. The Labute approximate surface area is 238 Å². The number of hydrogen-bond acceptors (Lipinski definition) is 6. The van der Waals surface area contributed by atoms with E-state index in [4.69, 9.17) is 21.0 Å². The second kappa shape index (κ2) is 13.7. The van der Waals surface area contributed by atoms with Crippen LogP contribution in [-0.2, 0) is 26.0 Å². The van der Waals surface area contributed by atoms with Crippen LogP contribution in [0.25, 0.3) is 11.1 Å². The molecule has 15 heteroatoms. The molecule has 0 saturated heterocycles. The van der Waals surface area contributed by atoms with Crippen LogP contribution >= 0.6 is 0 Å². The number of alkyl halides is 3. The summed E-state index contributed by atoms with van der Waals surface area (Å²) in [4.78, 5) is 22.0. The van der Waals surface area contributed by atoms with Crippen molar-refractivity contribution in [2.45, 2.75) is 18.6 Å². The first kappa shape index (κ1) is 33.4. The van der Waals surface area contributed by atoms with E-state index in [-0.39, 0.29) is 17.8 Å². The van der Waals surface area contributed by atoms with E-state index in [9.17, 15) is 36.0 Å². The Bertz CT molecular complexity index is 1620. The largest absolute Gasteiger partial charge is 0.490 e. The van der Waals surface area contributed by atoms with Gasteiger partial charge in [-0.1, -0.05) is 42.5 Å². The maximum atomic E-state index is 13.9. The quantitative estimate of drug-likeness (QED) is 0.171. The number of anilines is 1. The topological polar surface area (TPSA) is 177 Å². The van der Waals surface area contributed by atoms with Gasteiger partial charge in [0.1, 0.15) is 23.8 Å². The molecule has 0 aliphatic rings. The second-order valence-corrected chi connectivity index (χ2v) is 10.8. The number of amides is 1. The first-order valence-corrected chi connectivity index (χ1v) is 13.6. The molecule has 0 radical (unpaired) electrons. The van der Waals surface area contributed by atoms with Crippen molar-refractivity contribution in [2.24, 2.45) is 5.73 Å². The second-order valence-electron chi connectivity index (χ2n) is 8.76. The third-order valence-electron chi connectivity index (χ3n) is 5.76. The third-order valence-corrected chi connectivity index (χ3v) is 7.06. The molecule has 5 N–H and O–H groups in total. The number of benzene rings is 3. The van der Waals surface area contributed by atoms with Gasteiger partial charge < -0.3 is 16.2 Å². The van der Waals surface area contributed by atoms with E-state index in [1.165, 1.54) is 19.2 Å². The van der Waals surface area contributed by atoms with Crippen molar-refractivity contribution in [1.82, 2.24) is 4.31 Å². The normalized spacial score (nSPS) is 12.0. The summed E-state index contributed by atoms with van der Waals surface area (Å²) < 4.78 is 71.1. The Morgan fingerprint density at radius 3 is 2.19 bits per heavy atom. The van der Waals surface area contributed by atoms with Crippen LogP contribution in [0.4, 0.5) is 23.2 Å². The number of carboxylic acids is 1. The van der Waals surface area contributed by atoms with Crippen LogP contribution in [0.3, 0.4) is 0 Å². The molecule has 0 unspecified atom stereocenters. The zero-order valence-electron chi connectivity index (χ0n) is 22.1. The number of carboxylic acid groups (broad SMARTS) is 1. The van der Waals surface area contributed by atoms with Gasteiger partial charge in [0.25, 0.3) is 0 Å². The summed E-state index contributed by atoms with van der Waals surface area (Å²) in [5.41, 5.74) is 7.98. The Morgan fingerprint density at radius 2 is 1.69 bits per heavy atom. The van der Waals surface area contributed by atoms with Gasteiger partial charge >= 0.3 is 12.1 Å². The van der Waals surface area contributed by atoms with E-state index >= 15 is 0 Å². The molecule has 0 heterocycles. The number of amidine groups is 1. The van der Waals surface area contributed by atoms with Crippen LogP contribution in [0.5, 0.6) is 0 Å². The number of aliphatic carboxylic acids is 1. The van der Waals surface area contributed by atoms with Crippen molar-refractivity contribution in [1.29, 1.82) is 10.7 Å². The number of rotatable bonds is 8. The van der Waals surface area contributed by atoms with E-state index in [0.717, 1.165) is 10.6 Å². The molecule has 0 fully saturated rings. The van der Waals surface area contributed by atoms with E-state index < -0.39 is 39.9 Å². The van der Waals surface area contributed by atoms with Crippen LogP contribution in [0.1, 0.15) is 16.7 Å². The van der Waals surface area contributed by atoms with Crippen molar-refractivity contribution in [3.8, 4) is 17.2 Å². The lowest BCUT2D eigenvalue weighted by Gasteiger charge is -2.25. The minimum atomic E-state index is -5.08. The third kappa shape index (κ3) is 9.11. The number of nitriles is 1. The lowest BCUT2D eigenvalue weighted by molar-refractivity contribution is -0.192. The lowest BCUT2D eigenvalue weighted by Crippen LogP contribution is -2.46. The number of nitrogen functional groups attached to an aromatic ring is 1. The van der Waals surface area contributed by atoms with Gasteiger partial charge in [-0.3, -0.25) is 10.2 Å². The molecule has 3 aromatic carbocycles. The van der Waals surface area contributed by atoms with E-state index in [0.29, 0.717) is 27.9 Å². The Balaban J connectivity index is 0.000000782. The van der Waals surface area contributed by atoms with Gasteiger partial charge in [0.2, 0.25) is 15.9 Å². The molecule has 42 heavy (non-hydrogen) atoms. The minimum Gasteiger partial charge on any atom is -0.475 e. The predicted octanol–water partition coefficient (Wildman–Crippen LogP) is 3.72. The van der Waals surface area contributed by atoms with E-state index in [2.05, 4.69) is 5.32 Å². The zero-order valence-corrected chi connectivity index (χ0v) is 22.9. The SMILES string of the molecule is CN([C@@H](Cc1cccc(C(=N)N)c1)C(=O)Nc1ccc(-c2cccc(F)c2C#N)cc1)S(C)(=O)=O.O=C(O)C(F)(F)F. The number of likely N-dealkylation sites (N-methyl/N-ethyl adjacent to an activating group) is 1. The number of hydrogen-bond donors (Lipinski definition) is 4. The molecule has 0 aliphatic carbocycles. The monoisotopic (exact) mass is 607 g/mol. The summed E-state index contributed by atoms with van der Waals surface area (Å²) in [7, 11) is -2.38. The highest BCUT2D eigenvalue weighted by Gasteiger charge is 2.38. The van der Waals surface area contributed by atoms with Gasteiger partial charge in [0, 0.05) is 23.9 Å². The highest BCUT2D eigenvalue weighted by Crippen LogP contribution is 2.27. The van der Waals surface area contributed by atoms with Crippen molar-refractivity contribution in [2.75, 3.05) is 18.6 Å². The van der Waals surface area contributed by atoms with Crippen LogP contribution in [-0.4, -0.2) is 61.1 Å². The van der Waals surface area contributed by atoms with Crippen LogP contribution in [0, 0.1) is 22.6 Å². The molecular weight excluding hydrogens is 582 g/mol. The maximum Gasteiger partial charge on any atom is 0.490 e. The van der Waals surface area contributed by atoms with Crippen molar-refractivity contribution in [3.05, 3.63) is 89.2 Å². The molecule has 222 valence electrons. The number of carbonyl (C=O) groups excluding carboxylic acids is 1. The number of nitrogens with zero attached hydrogens (tertiary/aromatic N) is 2. The summed E-state index contributed by atoms with van der Waals surface area (Å²) in [5.74, 6) is -4.07. The summed E-state index contributed by atoms with van der Waals surface area (Å²) >= 11 is 0. The van der Waals surface area contributed by atoms with Crippen LogP contribution < -0.4 is 11.1 Å². The Kier molecular flexibility index (Phi) is 10.9. The van der Waals surface area contributed by atoms with E-state index in [1.54, 1.807) is 54.6 Å². The molecule has 0 aromatic heterocycles. The number of halogens is 4. The molecule has 3 rings (SSSR count). The number of nitrogens with two attached hydrogens (primary N) is 1. The fraction of sp³-hybridized carbons (Fsp3) is 0.185. The molecule has 1 atom stereocenters. The zero-order chi connectivity index (χ0) is 31.8.